The number of methoxy groups -OCH3 is 1. The van der Waals surface area contributed by atoms with Crippen molar-refractivity contribution in [1.82, 2.24) is 5.32 Å². The summed E-state index contributed by atoms with van der Waals surface area (Å²) in [7, 11) is 1.62. The van der Waals surface area contributed by atoms with E-state index in [0.29, 0.717) is 31.0 Å². The lowest BCUT2D eigenvalue weighted by Gasteiger charge is -2.23. The van der Waals surface area contributed by atoms with E-state index in [1.165, 1.54) is 0 Å². The predicted octanol–water partition coefficient (Wildman–Crippen LogP) is 3.42. The molecule has 0 unspecified atom stereocenters. The monoisotopic (exact) mass is 384 g/mol. The van der Waals surface area contributed by atoms with Crippen molar-refractivity contribution >= 4 is 17.5 Å². The van der Waals surface area contributed by atoms with Gasteiger partial charge >= 0.3 is 0 Å². The van der Waals surface area contributed by atoms with Crippen molar-refractivity contribution in [3.63, 3.8) is 0 Å². The SMILES string of the molecule is CCOc1ccccc1NC(=O)C(C)(C)C(=O)NCCc1cccc(OC)c1. The van der Waals surface area contributed by atoms with Gasteiger partial charge in [-0.2, -0.15) is 0 Å². The van der Waals surface area contributed by atoms with Gasteiger partial charge in [0, 0.05) is 6.54 Å². The molecule has 0 spiro atoms. The van der Waals surface area contributed by atoms with Crippen molar-refractivity contribution in [2.75, 3.05) is 25.6 Å². The van der Waals surface area contributed by atoms with Gasteiger partial charge in [-0.1, -0.05) is 24.3 Å². The smallest absolute Gasteiger partial charge is 0.239 e. The second-order valence-electron chi connectivity index (χ2n) is 6.87. The number of para-hydroxylation sites is 2. The molecular weight excluding hydrogens is 356 g/mol. The van der Waals surface area contributed by atoms with Gasteiger partial charge in [0.1, 0.15) is 16.9 Å². The molecule has 2 aromatic carbocycles. The van der Waals surface area contributed by atoms with Crippen LogP contribution in [0.2, 0.25) is 0 Å². The summed E-state index contributed by atoms with van der Waals surface area (Å²) in [6.45, 7) is 6.00. The average Bonchev–Trinajstić information content (AvgIpc) is 2.69. The summed E-state index contributed by atoms with van der Waals surface area (Å²) in [4.78, 5) is 25.3. The number of ether oxygens (including phenoxy) is 2. The quantitative estimate of drug-likeness (QED) is 0.650. The summed E-state index contributed by atoms with van der Waals surface area (Å²) < 4.78 is 10.7. The Morgan fingerprint density at radius 1 is 1.04 bits per heavy atom. The molecule has 28 heavy (non-hydrogen) atoms. The molecule has 0 aliphatic heterocycles. The molecule has 0 bridgehead atoms. The number of amides is 2. The first-order valence-corrected chi connectivity index (χ1v) is 9.33. The molecule has 2 rings (SSSR count). The van der Waals surface area contributed by atoms with E-state index in [1.54, 1.807) is 39.2 Å². The van der Waals surface area contributed by atoms with Gasteiger partial charge in [-0.3, -0.25) is 9.59 Å². The van der Waals surface area contributed by atoms with E-state index >= 15 is 0 Å². The van der Waals surface area contributed by atoms with Crippen LogP contribution in [0.25, 0.3) is 0 Å². The standard InChI is InChI=1S/C22H28N2O4/c1-5-28-19-12-7-6-11-18(19)24-21(26)22(2,3)20(25)23-14-13-16-9-8-10-17(15-16)27-4/h6-12,15H,5,13-14H2,1-4H3,(H,23,25)(H,24,26). The Labute approximate surface area is 166 Å². The molecule has 0 fully saturated rings. The van der Waals surface area contributed by atoms with Gasteiger partial charge in [-0.15, -0.1) is 0 Å². The molecule has 0 saturated heterocycles. The topological polar surface area (TPSA) is 76.7 Å². The van der Waals surface area contributed by atoms with Crippen molar-refractivity contribution in [2.45, 2.75) is 27.2 Å². The second-order valence-corrected chi connectivity index (χ2v) is 6.87. The summed E-state index contributed by atoms with van der Waals surface area (Å²) in [5, 5.41) is 5.64. The Balaban J connectivity index is 1.94. The first-order chi connectivity index (χ1) is 13.4. The van der Waals surface area contributed by atoms with E-state index in [9.17, 15) is 9.59 Å². The predicted molar refractivity (Wildman–Crippen MR) is 110 cm³/mol. The number of nitrogens with one attached hydrogen (secondary N) is 2. The Morgan fingerprint density at radius 3 is 2.50 bits per heavy atom. The lowest BCUT2D eigenvalue weighted by Crippen LogP contribution is -2.45. The lowest BCUT2D eigenvalue weighted by molar-refractivity contribution is -0.138. The van der Waals surface area contributed by atoms with Gasteiger partial charge in [0.05, 0.1) is 19.4 Å². The molecule has 0 atom stereocenters. The highest BCUT2D eigenvalue weighted by Gasteiger charge is 2.36. The molecule has 2 aromatic rings. The van der Waals surface area contributed by atoms with Crippen LogP contribution in [-0.4, -0.2) is 32.1 Å². The highest BCUT2D eigenvalue weighted by Crippen LogP contribution is 2.26. The van der Waals surface area contributed by atoms with Gasteiger partial charge in [-0.05, 0) is 57.0 Å². The van der Waals surface area contributed by atoms with Crippen molar-refractivity contribution in [3.8, 4) is 11.5 Å². The van der Waals surface area contributed by atoms with Crippen LogP contribution in [0.5, 0.6) is 11.5 Å². The van der Waals surface area contributed by atoms with E-state index in [-0.39, 0.29) is 5.91 Å². The first-order valence-electron chi connectivity index (χ1n) is 9.33. The maximum absolute atomic E-state index is 12.7. The van der Waals surface area contributed by atoms with Gasteiger partial charge in [0.15, 0.2) is 0 Å². The minimum Gasteiger partial charge on any atom is -0.497 e. The van der Waals surface area contributed by atoms with Crippen molar-refractivity contribution in [2.24, 2.45) is 5.41 Å². The van der Waals surface area contributed by atoms with E-state index in [0.717, 1.165) is 11.3 Å². The zero-order valence-corrected chi connectivity index (χ0v) is 16.9. The van der Waals surface area contributed by atoms with Crippen molar-refractivity contribution < 1.29 is 19.1 Å². The summed E-state index contributed by atoms with van der Waals surface area (Å²) in [5.74, 6) is 0.629. The van der Waals surface area contributed by atoms with Gasteiger partial charge < -0.3 is 20.1 Å². The molecule has 0 aliphatic carbocycles. The summed E-state index contributed by atoms with van der Waals surface area (Å²) in [5.41, 5.74) is 0.368. The highest BCUT2D eigenvalue weighted by molar-refractivity contribution is 6.10. The fraction of sp³-hybridized carbons (Fsp3) is 0.364. The number of rotatable bonds is 9. The molecular formula is C22H28N2O4. The Kier molecular flexibility index (Phi) is 7.44. The number of carbonyl (C=O) groups is 2. The van der Waals surface area contributed by atoms with Gasteiger partial charge in [0.25, 0.3) is 0 Å². The van der Waals surface area contributed by atoms with Crippen LogP contribution in [0.3, 0.4) is 0 Å². The number of benzene rings is 2. The largest absolute Gasteiger partial charge is 0.497 e. The van der Waals surface area contributed by atoms with Gasteiger partial charge in [0.2, 0.25) is 11.8 Å². The minimum absolute atomic E-state index is 0.332. The van der Waals surface area contributed by atoms with Crippen LogP contribution in [0, 0.1) is 5.41 Å². The van der Waals surface area contributed by atoms with Crippen LogP contribution < -0.4 is 20.1 Å². The summed E-state index contributed by atoms with van der Waals surface area (Å²) >= 11 is 0. The highest BCUT2D eigenvalue weighted by atomic mass is 16.5. The third-order valence-electron chi connectivity index (χ3n) is 4.40. The maximum Gasteiger partial charge on any atom is 0.239 e. The number of hydrogen-bond acceptors (Lipinski definition) is 4. The Bertz CT molecular complexity index is 818. The van der Waals surface area contributed by atoms with Crippen LogP contribution in [0.15, 0.2) is 48.5 Å². The minimum atomic E-state index is -1.23. The molecule has 150 valence electrons. The first kappa shape index (κ1) is 21.3. The molecule has 2 amide bonds. The second kappa shape index (κ2) is 9.78. The van der Waals surface area contributed by atoms with Crippen LogP contribution in [0.4, 0.5) is 5.69 Å². The van der Waals surface area contributed by atoms with Crippen LogP contribution in [-0.2, 0) is 16.0 Å². The Hall–Kier alpha value is -3.02. The zero-order chi connectivity index (χ0) is 20.6. The zero-order valence-electron chi connectivity index (χ0n) is 16.9. The van der Waals surface area contributed by atoms with Crippen LogP contribution in [0.1, 0.15) is 26.3 Å². The number of hydrogen-bond donors (Lipinski definition) is 2. The molecule has 0 aliphatic rings. The molecule has 6 heteroatoms. The molecule has 0 radical (unpaired) electrons. The third-order valence-corrected chi connectivity index (χ3v) is 4.40. The van der Waals surface area contributed by atoms with E-state index in [2.05, 4.69) is 10.6 Å². The van der Waals surface area contributed by atoms with E-state index < -0.39 is 11.3 Å². The van der Waals surface area contributed by atoms with Crippen molar-refractivity contribution in [1.29, 1.82) is 0 Å². The van der Waals surface area contributed by atoms with E-state index in [1.807, 2.05) is 37.3 Å². The number of anilines is 1. The lowest BCUT2D eigenvalue weighted by atomic mass is 9.90. The summed E-state index contributed by atoms with van der Waals surface area (Å²) in [6, 6.07) is 14.8. The normalized spacial score (nSPS) is 10.9. The van der Waals surface area contributed by atoms with E-state index in [4.69, 9.17) is 9.47 Å². The summed E-state index contributed by atoms with van der Waals surface area (Å²) in [6.07, 6.45) is 0.647. The maximum atomic E-state index is 12.7. The van der Waals surface area contributed by atoms with Crippen LogP contribution >= 0.6 is 0 Å². The molecule has 0 aromatic heterocycles. The average molecular weight is 384 g/mol. The molecule has 6 nitrogen and oxygen atoms in total. The van der Waals surface area contributed by atoms with Gasteiger partial charge in [-0.25, -0.2) is 0 Å². The Morgan fingerprint density at radius 2 is 1.79 bits per heavy atom. The molecule has 0 heterocycles. The molecule has 0 saturated carbocycles. The molecule has 2 N–H and O–H groups in total. The van der Waals surface area contributed by atoms with Crippen molar-refractivity contribution in [3.05, 3.63) is 54.1 Å². The fourth-order valence-electron chi connectivity index (χ4n) is 2.60. The fourth-order valence-corrected chi connectivity index (χ4v) is 2.60. The third kappa shape index (κ3) is 5.49. The number of carbonyl (C=O) groups excluding carboxylic acids is 2.